The molecule has 162 valence electrons. The van der Waals surface area contributed by atoms with Crippen molar-refractivity contribution in [2.45, 2.75) is 20.4 Å². The summed E-state index contributed by atoms with van der Waals surface area (Å²) in [4.78, 5) is 4.29. The zero-order valence-electron chi connectivity index (χ0n) is 16.1. The quantitative estimate of drug-likeness (QED) is 0.443. The Kier molecular flexibility index (Phi) is 16.8. The largest absolute Gasteiger partial charge is 1.00 e. The average molecular weight is 480 g/mol. The molecule has 30 heavy (non-hydrogen) atoms. The number of pyridine rings is 1. The number of nitrogens with zero attached hydrogens (tertiary/aromatic N) is 5. The van der Waals surface area contributed by atoms with Crippen molar-refractivity contribution in [3.05, 3.63) is 72.6 Å². The molecular formula is C19H19ClCuN5O4. The monoisotopic (exact) mass is 479 g/mol. The van der Waals surface area contributed by atoms with E-state index < -0.39 is 10.2 Å². The SMILES string of the molecule is CC#N.CC#N.[Cu+].[O-][Cl+3]([O-])([O-])[O-].c1ccc(Cn2ccc(-c3ccccn3)n2)cc1. The van der Waals surface area contributed by atoms with Crippen molar-refractivity contribution in [3.63, 3.8) is 0 Å². The summed E-state index contributed by atoms with van der Waals surface area (Å²) in [5, 5.41) is 19.2. The van der Waals surface area contributed by atoms with Gasteiger partial charge >= 0.3 is 17.1 Å². The van der Waals surface area contributed by atoms with Crippen LogP contribution < -0.4 is 18.6 Å². The summed E-state index contributed by atoms with van der Waals surface area (Å²) < 4.78 is 35.9. The van der Waals surface area contributed by atoms with Gasteiger partial charge in [-0.25, -0.2) is 18.6 Å². The maximum Gasteiger partial charge on any atom is 1.00 e. The van der Waals surface area contributed by atoms with Crippen molar-refractivity contribution in [1.29, 1.82) is 10.5 Å². The number of benzene rings is 1. The molecule has 0 bridgehead atoms. The molecule has 0 spiro atoms. The second kappa shape index (κ2) is 17.1. The van der Waals surface area contributed by atoms with Gasteiger partial charge in [-0.3, -0.25) is 9.67 Å². The fourth-order valence-corrected chi connectivity index (χ4v) is 1.87. The Balaban J connectivity index is 0. The molecule has 2 aromatic heterocycles. The molecule has 0 saturated heterocycles. The predicted octanol–water partition coefficient (Wildman–Crippen LogP) is -0.705. The van der Waals surface area contributed by atoms with Crippen molar-refractivity contribution < 1.29 is 45.9 Å². The molecule has 0 fully saturated rings. The molecule has 0 aliphatic carbocycles. The zero-order chi connectivity index (χ0) is 22.1. The van der Waals surface area contributed by atoms with Crippen LogP contribution in [0.5, 0.6) is 0 Å². The minimum Gasteiger partial charge on any atom is -0.268 e. The normalized spacial score (nSPS) is 8.80. The van der Waals surface area contributed by atoms with E-state index in [0.29, 0.717) is 0 Å². The summed E-state index contributed by atoms with van der Waals surface area (Å²) in [6.07, 6.45) is 3.77. The van der Waals surface area contributed by atoms with Crippen LogP contribution in [0.3, 0.4) is 0 Å². The van der Waals surface area contributed by atoms with Gasteiger partial charge in [0.2, 0.25) is 0 Å². The first kappa shape index (κ1) is 29.4. The average Bonchev–Trinajstić information content (AvgIpc) is 3.12. The van der Waals surface area contributed by atoms with Crippen molar-refractivity contribution in [2.24, 2.45) is 0 Å². The first-order valence-corrected chi connectivity index (χ1v) is 9.20. The van der Waals surface area contributed by atoms with Crippen LogP contribution in [-0.2, 0) is 23.6 Å². The van der Waals surface area contributed by atoms with E-state index in [0.717, 1.165) is 17.9 Å². The van der Waals surface area contributed by atoms with Crippen LogP contribution in [0.4, 0.5) is 0 Å². The molecule has 11 heteroatoms. The molecule has 3 rings (SSSR count). The summed E-state index contributed by atoms with van der Waals surface area (Å²) in [5.74, 6) is 0. The third-order valence-electron chi connectivity index (χ3n) is 2.76. The van der Waals surface area contributed by atoms with Gasteiger partial charge in [-0.15, -0.1) is 10.2 Å². The molecule has 0 amide bonds. The minimum absolute atomic E-state index is 0. The van der Waals surface area contributed by atoms with Crippen molar-refractivity contribution in [1.82, 2.24) is 14.8 Å². The van der Waals surface area contributed by atoms with E-state index in [-0.39, 0.29) is 17.1 Å². The van der Waals surface area contributed by atoms with E-state index in [9.17, 15) is 0 Å². The fourth-order valence-electron chi connectivity index (χ4n) is 1.87. The first-order chi connectivity index (χ1) is 13.7. The minimum atomic E-state index is -4.94. The molecule has 2 heterocycles. The topological polar surface area (TPSA) is 171 Å². The van der Waals surface area contributed by atoms with E-state index in [1.165, 1.54) is 19.4 Å². The van der Waals surface area contributed by atoms with Gasteiger partial charge in [-0.1, -0.05) is 36.4 Å². The van der Waals surface area contributed by atoms with Crippen LogP contribution in [0.15, 0.2) is 67.0 Å². The second-order valence-electron chi connectivity index (χ2n) is 4.92. The Labute approximate surface area is 187 Å². The smallest absolute Gasteiger partial charge is 0.268 e. The Morgan fingerprint density at radius 1 is 0.867 bits per heavy atom. The molecule has 0 radical (unpaired) electrons. The molecule has 0 saturated carbocycles. The van der Waals surface area contributed by atoms with E-state index in [1.54, 1.807) is 18.3 Å². The van der Waals surface area contributed by atoms with Gasteiger partial charge in [0, 0.05) is 26.2 Å². The summed E-state index contributed by atoms with van der Waals surface area (Å²) in [6.45, 7) is 3.65. The molecule has 9 nitrogen and oxygen atoms in total. The number of nitriles is 2. The van der Waals surface area contributed by atoms with Gasteiger partial charge in [0.05, 0.1) is 24.4 Å². The molecule has 0 N–H and O–H groups in total. The van der Waals surface area contributed by atoms with Crippen LogP contribution in [0, 0.1) is 32.9 Å². The van der Waals surface area contributed by atoms with Gasteiger partial charge in [0.25, 0.3) is 0 Å². The van der Waals surface area contributed by atoms with Crippen molar-refractivity contribution in [2.75, 3.05) is 0 Å². The number of hydrogen-bond donors (Lipinski definition) is 0. The number of halogens is 1. The van der Waals surface area contributed by atoms with Crippen molar-refractivity contribution >= 4 is 0 Å². The van der Waals surface area contributed by atoms with Crippen molar-refractivity contribution in [3.8, 4) is 23.5 Å². The number of hydrogen-bond acceptors (Lipinski definition) is 8. The van der Waals surface area contributed by atoms with Crippen LogP contribution in [-0.4, -0.2) is 14.8 Å². The van der Waals surface area contributed by atoms with Gasteiger partial charge in [0.1, 0.15) is 5.69 Å². The Hall–Kier alpha value is -2.79. The standard InChI is InChI=1S/C15H13N3.2C2H3N.ClHO4.Cu/c1-2-6-13(7-3-1)12-18-11-9-15(17-18)14-8-4-5-10-16-14;2*1-2-3;2-1(3,4)5;/h1-11H,12H2;2*1H3;(H,2,3,4,5);/q;;;;+1/p-1. The van der Waals surface area contributed by atoms with Crippen LogP contribution in [0.25, 0.3) is 11.4 Å². The maximum atomic E-state index is 8.49. The molecule has 0 aliphatic rings. The van der Waals surface area contributed by atoms with Crippen LogP contribution >= 0.6 is 0 Å². The van der Waals surface area contributed by atoms with Gasteiger partial charge < -0.3 is 0 Å². The molecule has 0 atom stereocenters. The third-order valence-corrected chi connectivity index (χ3v) is 2.76. The fraction of sp³-hybridized carbons (Fsp3) is 0.158. The second-order valence-corrected chi connectivity index (χ2v) is 5.68. The number of rotatable bonds is 3. The van der Waals surface area contributed by atoms with Gasteiger partial charge in [0.15, 0.2) is 0 Å². The van der Waals surface area contributed by atoms with Gasteiger partial charge in [-0.2, -0.15) is 15.6 Å². The van der Waals surface area contributed by atoms with E-state index in [4.69, 9.17) is 29.2 Å². The van der Waals surface area contributed by atoms with E-state index in [1.807, 2.05) is 53.3 Å². The van der Waals surface area contributed by atoms with Gasteiger partial charge in [-0.05, 0) is 23.8 Å². The summed E-state index contributed by atoms with van der Waals surface area (Å²) in [5.41, 5.74) is 3.06. The first-order valence-electron chi connectivity index (χ1n) is 7.97. The zero-order valence-corrected chi connectivity index (χ0v) is 17.8. The molecule has 0 unspecified atom stereocenters. The van der Waals surface area contributed by atoms with E-state index in [2.05, 4.69) is 22.2 Å². The van der Waals surface area contributed by atoms with Crippen LogP contribution in [0.2, 0.25) is 0 Å². The van der Waals surface area contributed by atoms with Crippen LogP contribution in [0.1, 0.15) is 19.4 Å². The maximum absolute atomic E-state index is 8.49. The Morgan fingerprint density at radius 2 is 1.37 bits per heavy atom. The Morgan fingerprint density at radius 3 is 1.83 bits per heavy atom. The summed E-state index contributed by atoms with van der Waals surface area (Å²) in [6, 6.07) is 21.6. The predicted molar refractivity (Wildman–Crippen MR) is 93.6 cm³/mol. The molecule has 1 aromatic carbocycles. The Bertz CT molecular complexity index is 873. The van der Waals surface area contributed by atoms with E-state index >= 15 is 0 Å². The summed E-state index contributed by atoms with van der Waals surface area (Å²) in [7, 11) is -4.94. The molecule has 3 aromatic rings. The molecule has 0 aliphatic heterocycles. The number of aromatic nitrogens is 3. The molecular weight excluding hydrogens is 461 g/mol. The third kappa shape index (κ3) is 16.2. The summed E-state index contributed by atoms with van der Waals surface area (Å²) >= 11 is 0.